The van der Waals surface area contributed by atoms with E-state index in [4.69, 9.17) is 11.6 Å². The molecular weight excluding hydrogens is 576 g/mol. The summed E-state index contributed by atoms with van der Waals surface area (Å²) in [4.78, 5) is 25.5. The van der Waals surface area contributed by atoms with E-state index in [9.17, 15) is 9.18 Å². The summed E-state index contributed by atoms with van der Waals surface area (Å²) in [6.07, 6.45) is 8.27. The summed E-state index contributed by atoms with van der Waals surface area (Å²) in [5.74, 6) is -0.725. The summed E-state index contributed by atoms with van der Waals surface area (Å²) in [6.45, 7) is 0.351. The van der Waals surface area contributed by atoms with Gasteiger partial charge in [-0.2, -0.15) is 0 Å². The summed E-state index contributed by atoms with van der Waals surface area (Å²) in [5, 5.41) is 4.55. The lowest BCUT2D eigenvalue weighted by atomic mass is 10.0. The third-order valence-electron chi connectivity index (χ3n) is 5.18. The van der Waals surface area contributed by atoms with Crippen molar-refractivity contribution in [3.8, 4) is 11.1 Å². The van der Waals surface area contributed by atoms with Crippen molar-refractivity contribution in [2.24, 2.45) is 0 Å². The van der Waals surface area contributed by atoms with Crippen LogP contribution in [0.4, 0.5) is 4.39 Å². The number of carbonyl (C=O) groups is 1. The number of rotatable bonds is 5. The Balaban J connectivity index is 1.57. The van der Waals surface area contributed by atoms with E-state index < -0.39 is 5.82 Å². The van der Waals surface area contributed by atoms with Gasteiger partial charge < -0.3 is 5.32 Å². The van der Waals surface area contributed by atoms with E-state index in [2.05, 4.69) is 41.5 Å². The molecule has 1 N–H and O–H groups in total. The standard InChI is InChI=1S/C23H14ClFIN5OS/c24-19-3-5-28-21-17(19)6-14(8-20(21)25)18-12-31(33-26)22-16(18)7-15(11-29-22)23(32)30-10-13-2-1-4-27-9-13/h1-9,11-12H,10H2,(H,30,32). The van der Waals surface area contributed by atoms with Crippen LogP contribution in [0, 0.1) is 5.82 Å². The van der Waals surface area contributed by atoms with Crippen LogP contribution in [-0.2, 0) is 6.54 Å². The first-order chi connectivity index (χ1) is 16.0. The molecule has 0 atom stereocenters. The maximum Gasteiger partial charge on any atom is 0.253 e. The fourth-order valence-corrected chi connectivity index (χ4v) is 5.07. The number of aromatic nitrogens is 4. The predicted octanol–water partition coefficient (Wildman–Crippen LogP) is 6.22. The first kappa shape index (κ1) is 22.1. The summed E-state index contributed by atoms with van der Waals surface area (Å²) in [6, 6.07) is 10.3. The lowest BCUT2D eigenvalue weighted by Gasteiger charge is -2.07. The Morgan fingerprint density at radius 3 is 2.82 bits per heavy atom. The number of amides is 1. The highest BCUT2D eigenvalue weighted by atomic mass is 127. The van der Waals surface area contributed by atoms with E-state index in [1.807, 2.05) is 22.3 Å². The topological polar surface area (TPSA) is 72.7 Å². The minimum atomic E-state index is -0.466. The van der Waals surface area contributed by atoms with Crippen molar-refractivity contribution >= 4 is 69.8 Å². The maximum atomic E-state index is 14.9. The fourth-order valence-electron chi connectivity index (χ4n) is 3.61. The van der Waals surface area contributed by atoms with E-state index >= 15 is 0 Å². The normalized spacial score (nSPS) is 11.2. The number of pyridine rings is 3. The molecule has 0 unspecified atom stereocenters. The summed E-state index contributed by atoms with van der Waals surface area (Å²) >= 11 is 8.46. The summed E-state index contributed by atoms with van der Waals surface area (Å²) < 4.78 is 16.7. The van der Waals surface area contributed by atoms with Gasteiger partial charge in [-0.05, 0) is 41.5 Å². The highest BCUT2D eigenvalue weighted by Crippen LogP contribution is 2.37. The van der Waals surface area contributed by atoms with Gasteiger partial charge >= 0.3 is 0 Å². The maximum absolute atomic E-state index is 14.9. The number of halogens is 3. The third kappa shape index (κ3) is 4.28. The Bertz CT molecular complexity index is 1510. The zero-order valence-corrected chi connectivity index (χ0v) is 20.5. The molecule has 10 heteroatoms. The molecule has 0 radical (unpaired) electrons. The monoisotopic (exact) mass is 589 g/mol. The molecule has 0 spiro atoms. The number of carbonyl (C=O) groups excluding carboxylic acids is 1. The number of nitrogens with one attached hydrogen (secondary N) is 1. The Hall–Kier alpha value is -2.76. The Kier molecular flexibility index (Phi) is 6.17. The second-order valence-electron chi connectivity index (χ2n) is 7.22. The van der Waals surface area contributed by atoms with Gasteiger partial charge in [0, 0.05) is 84.2 Å². The van der Waals surface area contributed by atoms with E-state index in [1.54, 1.807) is 30.6 Å². The molecule has 4 aromatic heterocycles. The van der Waals surface area contributed by atoms with Crippen LogP contribution in [0.5, 0.6) is 0 Å². The van der Waals surface area contributed by atoms with Crippen LogP contribution >= 0.6 is 41.9 Å². The molecule has 164 valence electrons. The van der Waals surface area contributed by atoms with Gasteiger partial charge in [0.05, 0.1) is 10.6 Å². The number of hydrogen-bond acceptors (Lipinski definition) is 5. The van der Waals surface area contributed by atoms with Crippen LogP contribution in [0.3, 0.4) is 0 Å². The van der Waals surface area contributed by atoms with Gasteiger partial charge in [0.2, 0.25) is 0 Å². The zero-order chi connectivity index (χ0) is 22.9. The second-order valence-corrected chi connectivity index (χ2v) is 9.34. The van der Waals surface area contributed by atoms with E-state index in [0.717, 1.165) is 16.5 Å². The molecule has 5 rings (SSSR count). The van der Waals surface area contributed by atoms with Crippen LogP contribution in [0.1, 0.15) is 15.9 Å². The van der Waals surface area contributed by atoms with Gasteiger partial charge in [-0.15, -0.1) is 0 Å². The number of benzene rings is 1. The van der Waals surface area contributed by atoms with Crippen LogP contribution in [0.15, 0.2) is 67.4 Å². The van der Waals surface area contributed by atoms with Crippen molar-refractivity contribution in [1.29, 1.82) is 0 Å². The molecule has 6 nitrogen and oxygen atoms in total. The Morgan fingerprint density at radius 2 is 2.03 bits per heavy atom. The fraction of sp³-hybridized carbons (Fsp3) is 0.0435. The minimum absolute atomic E-state index is 0.215. The van der Waals surface area contributed by atoms with Crippen LogP contribution in [0.2, 0.25) is 5.02 Å². The zero-order valence-electron chi connectivity index (χ0n) is 16.8. The van der Waals surface area contributed by atoms with Gasteiger partial charge in [-0.1, -0.05) is 17.7 Å². The predicted molar refractivity (Wildman–Crippen MR) is 138 cm³/mol. The van der Waals surface area contributed by atoms with Crippen molar-refractivity contribution in [1.82, 2.24) is 24.2 Å². The molecule has 0 saturated heterocycles. The van der Waals surface area contributed by atoms with Crippen molar-refractivity contribution in [2.75, 3.05) is 0 Å². The highest BCUT2D eigenvalue weighted by Gasteiger charge is 2.17. The second kappa shape index (κ2) is 9.24. The lowest BCUT2D eigenvalue weighted by Crippen LogP contribution is -2.23. The first-order valence-electron chi connectivity index (χ1n) is 9.76. The minimum Gasteiger partial charge on any atom is -0.348 e. The quantitative estimate of drug-likeness (QED) is 0.247. The smallest absolute Gasteiger partial charge is 0.253 e. The molecule has 4 heterocycles. The average molecular weight is 590 g/mol. The van der Waals surface area contributed by atoms with Gasteiger partial charge in [0.1, 0.15) is 11.3 Å². The number of nitrogens with zero attached hydrogens (tertiary/aromatic N) is 4. The lowest BCUT2D eigenvalue weighted by molar-refractivity contribution is 0.0950. The van der Waals surface area contributed by atoms with Gasteiger partial charge in [-0.3, -0.25) is 18.7 Å². The van der Waals surface area contributed by atoms with Gasteiger partial charge in [0.15, 0.2) is 5.65 Å². The van der Waals surface area contributed by atoms with Crippen LogP contribution in [0.25, 0.3) is 33.1 Å². The van der Waals surface area contributed by atoms with Crippen LogP contribution < -0.4 is 5.32 Å². The molecule has 0 aliphatic rings. The molecule has 1 amide bonds. The molecule has 33 heavy (non-hydrogen) atoms. The number of fused-ring (bicyclic) bond motifs is 2. The molecule has 0 saturated carbocycles. The third-order valence-corrected chi connectivity index (χ3v) is 7.21. The molecule has 1 aromatic carbocycles. The SMILES string of the molecule is O=C(NCc1cccnc1)c1cnc2c(c1)c(-c1cc(F)c3nccc(Cl)c3c1)cn2SI. The molecule has 0 aliphatic heterocycles. The van der Waals surface area contributed by atoms with E-state index in [1.165, 1.54) is 27.6 Å². The molecule has 5 aromatic rings. The van der Waals surface area contributed by atoms with Gasteiger partial charge in [-0.25, -0.2) is 9.37 Å². The van der Waals surface area contributed by atoms with Gasteiger partial charge in [0.25, 0.3) is 5.91 Å². The molecule has 0 bridgehead atoms. The Labute approximate surface area is 209 Å². The average Bonchev–Trinajstić information content (AvgIpc) is 3.22. The molecule has 0 fully saturated rings. The summed E-state index contributed by atoms with van der Waals surface area (Å²) in [5.41, 5.74) is 3.55. The van der Waals surface area contributed by atoms with Crippen LogP contribution in [-0.4, -0.2) is 24.8 Å². The highest BCUT2D eigenvalue weighted by molar-refractivity contribution is 14.2. The first-order valence-corrected chi connectivity index (χ1v) is 13.5. The molecule has 0 aliphatic carbocycles. The van der Waals surface area contributed by atoms with E-state index in [-0.39, 0.29) is 11.4 Å². The molecular formula is C23H14ClFIN5OS. The van der Waals surface area contributed by atoms with Crippen molar-refractivity contribution in [3.63, 3.8) is 0 Å². The Morgan fingerprint density at radius 1 is 1.15 bits per heavy atom. The van der Waals surface area contributed by atoms with Crippen molar-refractivity contribution < 1.29 is 9.18 Å². The van der Waals surface area contributed by atoms with Crippen molar-refractivity contribution in [2.45, 2.75) is 6.54 Å². The van der Waals surface area contributed by atoms with Crippen molar-refractivity contribution in [3.05, 3.63) is 89.3 Å². The summed E-state index contributed by atoms with van der Waals surface area (Å²) in [7, 11) is 1.43. The van der Waals surface area contributed by atoms with E-state index in [0.29, 0.717) is 33.7 Å². The number of hydrogen-bond donors (Lipinski definition) is 1. The largest absolute Gasteiger partial charge is 0.348 e.